The lowest BCUT2D eigenvalue weighted by atomic mass is 10.2. The third kappa shape index (κ3) is 9.22. The molecule has 0 aliphatic rings. The normalized spacial score (nSPS) is 10.0. The van der Waals surface area contributed by atoms with Crippen molar-refractivity contribution < 1.29 is 0 Å². The van der Waals surface area contributed by atoms with E-state index in [0.717, 1.165) is 6.42 Å². The average Bonchev–Trinajstić information content (AvgIpc) is 1.96. The fourth-order valence-electron chi connectivity index (χ4n) is 0.819. The molecular formula is C11H18. The number of rotatable bonds is 5. The Morgan fingerprint density at radius 2 is 2.00 bits per heavy atom. The molecular weight excluding hydrogens is 132 g/mol. The lowest BCUT2D eigenvalue weighted by Gasteiger charge is -1.90. The molecule has 0 radical (unpaired) electrons. The average molecular weight is 150 g/mol. The van der Waals surface area contributed by atoms with Crippen molar-refractivity contribution in [3.05, 3.63) is 36.5 Å². The lowest BCUT2D eigenvalue weighted by Crippen LogP contribution is -1.70. The Morgan fingerprint density at radius 1 is 1.27 bits per heavy atom. The van der Waals surface area contributed by atoms with Gasteiger partial charge in [0.25, 0.3) is 0 Å². The Kier molecular flexibility index (Phi) is 6.81. The van der Waals surface area contributed by atoms with Crippen LogP contribution in [0.2, 0.25) is 0 Å². The summed E-state index contributed by atoms with van der Waals surface area (Å²) in [5.41, 5.74) is 1.41. The van der Waals surface area contributed by atoms with E-state index in [1.54, 1.807) is 0 Å². The summed E-state index contributed by atoms with van der Waals surface area (Å²) < 4.78 is 0. The summed E-state index contributed by atoms with van der Waals surface area (Å²) in [6.07, 6.45) is 11.9. The van der Waals surface area contributed by atoms with Gasteiger partial charge in [0.1, 0.15) is 0 Å². The molecule has 0 aromatic rings. The maximum Gasteiger partial charge on any atom is -0.0345 e. The van der Waals surface area contributed by atoms with Crippen molar-refractivity contribution in [1.82, 2.24) is 0 Å². The zero-order valence-electron chi connectivity index (χ0n) is 7.64. The summed E-state index contributed by atoms with van der Waals surface area (Å²) in [5.74, 6) is 0. The molecule has 0 spiro atoms. The Morgan fingerprint density at radius 3 is 2.55 bits per heavy atom. The first-order chi connectivity index (χ1) is 5.27. The molecule has 62 valence electrons. The summed E-state index contributed by atoms with van der Waals surface area (Å²) in [6.45, 7) is 7.88. The van der Waals surface area contributed by atoms with Crippen LogP contribution in [0.5, 0.6) is 0 Å². The highest BCUT2D eigenvalue weighted by molar-refractivity contribution is 4.98. The van der Waals surface area contributed by atoms with Gasteiger partial charge in [0.15, 0.2) is 0 Å². The molecule has 0 saturated carbocycles. The van der Waals surface area contributed by atoms with E-state index in [2.05, 4.69) is 32.6 Å². The number of unbranched alkanes of at least 4 members (excludes halogenated alkanes) is 2. The van der Waals surface area contributed by atoms with Crippen molar-refractivity contribution >= 4 is 0 Å². The van der Waals surface area contributed by atoms with E-state index in [-0.39, 0.29) is 0 Å². The first-order valence-electron chi connectivity index (χ1n) is 4.18. The van der Waals surface area contributed by atoms with Crippen LogP contribution >= 0.6 is 0 Å². The summed E-state index contributed by atoms with van der Waals surface area (Å²) >= 11 is 0. The third-order valence-corrected chi connectivity index (χ3v) is 1.40. The van der Waals surface area contributed by atoms with E-state index in [0.29, 0.717) is 0 Å². The highest BCUT2D eigenvalue weighted by Gasteiger charge is 1.80. The predicted octanol–water partition coefficient (Wildman–Crippen LogP) is 3.87. The van der Waals surface area contributed by atoms with E-state index >= 15 is 0 Å². The smallest absolute Gasteiger partial charge is 0.0345 e. The van der Waals surface area contributed by atoms with Crippen LogP contribution in [-0.4, -0.2) is 0 Å². The van der Waals surface area contributed by atoms with Crippen molar-refractivity contribution in [1.29, 1.82) is 0 Å². The minimum Gasteiger partial charge on any atom is -0.0991 e. The van der Waals surface area contributed by atoms with Gasteiger partial charge in [-0.05, 0) is 33.1 Å². The molecule has 0 rings (SSSR count). The van der Waals surface area contributed by atoms with E-state index in [9.17, 15) is 0 Å². The zero-order chi connectivity index (χ0) is 8.53. The maximum absolute atomic E-state index is 3.61. The van der Waals surface area contributed by atoms with Gasteiger partial charge in [-0.1, -0.05) is 36.5 Å². The largest absolute Gasteiger partial charge is 0.0991 e. The molecule has 0 aromatic carbocycles. The summed E-state index contributed by atoms with van der Waals surface area (Å²) in [7, 11) is 0. The van der Waals surface area contributed by atoms with Gasteiger partial charge in [-0.3, -0.25) is 0 Å². The van der Waals surface area contributed by atoms with Crippen molar-refractivity contribution in [2.24, 2.45) is 0 Å². The number of hydrogen-bond acceptors (Lipinski definition) is 0. The molecule has 0 heteroatoms. The molecule has 0 N–H and O–H groups in total. The van der Waals surface area contributed by atoms with Gasteiger partial charge in [-0.15, -0.1) is 0 Å². The fourth-order valence-corrected chi connectivity index (χ4v) is 0.819. The van der Waals surface area contributed by atoms with Crippen molar-refractivity contribution in [2.75, 3.05) is 0 Å². The second-order valence-corrected chi connectivity index (χ2v) is 2.88. The highest BCUT2D eigenvalue weighted by Crippen LogP contribution is 2.00. The molecule has 0 saturated heterocycles. The molecule has 0 heterocycles. The predicted molar refractivity (Wildman–Crippen MR) is 52.6 cm³/mol. The van der Waals surface area contributed by atoms with Crippen LogP contribution in [0.3, 0.4) is 0 Å². The number of hydrogen-bond donors (Lipinski definition) is 0. The van der Waals surface area contributed by atoms with Crippen LogP contribution in [0, 0.1) is 0 Å². The molecule has 0 aliphatic heterocycles. The van der Waals surface area contributed by atoms with Crippen molar-refractivity contribution in [2.45, 2.75) is 33.1 Å². The second-order valence-electron chi connectivity index (χ2n) is 2.88. The van der Waals surface area contributed by atoms with Crippen LogP contribution in [0.15, 0.2) is 36.5 Å². The zero-order valence-corrected chi connectivity index (χ0v) is 7.64. The van der Waals surface area contributed by atoms with E-state index in [1.165, 1.54) is 18.4 Å². The standard InChI is InChI=1S/C11H18/c1-4-5-6-7-8-9-10-11(2)3/h4-6,10H,1,7-9H2,2-3H3. The summed E-state index contributed by atoms with van der Waals surface area (Å²) in [4.78, 5) is 0. The Hall–Kier alpha value is -0.780. The van der Waals surface area contributed by atoms with Gasteiger partial charge >= 0.3 is 0 Å². The minimum absolute atomic E-state index is 1.16. The Labute approximate surface area is 70.3 Å². The molecule has 0 bridgehead atoms. The molecule has 0 unspecified atom stereocenters. The summed E-state index contributed by atoms with van der Waals surface area (Å²) in [5, 5.41) is 0. The number of allylic oxidation sites excluding steroid dienone is 5. The SMILES string of the molecule is C=CC=CCCCC=C(C)C. The van der Waals surface area contributed by atoms with Crippen molar-refractivity contribution in [3.63, 3.8) is 0 Å². The second kappa shape index (κ2) is 7.33. The Balaban J connectivity index is 3.21. The highest BCUT2D eigenvalue weighted by atomic mass is 13.9. The third-order valence-electron chi connectivity index (χ3n) is 1.40. The first-order valence-corrected chi connectivity index (χ1v) is 4.18. The molecule has 0 nitrogen and oxygen atoms in total. The van der Waals surface area contributed by atoms with Gasteiger partial charge in [-0.2, -0.15) is 0 Å². The van der Waals surface area contributed by atoms with E-state index < -0.39 is 0 Å². The monoisotopic (exact) mass is 150 g/mol. The molecule has 0 aromatic heterocycles. The van der Waals surface area contributed by atoms with E-state index in [4.69, 9.17) is 0 Å². The molecule has 0 aliphatic carbocycles. The van der Waals surface area contributed by atoms with Gasteiger partial charge < -0.3 is 0 Å². The van der Waals surface area contributed by atoms with Gasteiger partial charge in [0, 0.05) is 0 Å². The van der Waals surface area contributed by atoms with Crippen LogP contribution in [0.25, 0.3) is 0 Å². The summed E-state index contributed by atoms with van der Waals surface area (Å²) in [6, 6.07) is 0. The molecule has 0 atom stereocenters. The first kappa shape index (κ1) is 10.2. The van der Waals surface area contributed by atoms with Crippen LogP contribution in [0.4, 0.5) is 0 Å². The lowest BCUT2D eigenvalue weighted by molar-refractivity contribution is 0.862. The maximum atomic E-state index is 3.61. The fraction of sp³-hybridized carbons (Fsp3) is 0.455. The van der Waals surface area contributed by atoms with Crippen LogP contribution < -0.4 is 0 Å². The van der Waals surface area contributed by atoms with Gasteiger partial charge in [-0.25, -0.2) is 0 Å². The van der Waals surface area contributed by atoms with Crippen molar-refractivity contribution in [3.8, 4) is 0 Å². The topological polar surface area (TPSA) is 0 Å². The van der Waals surface area contributed by atoms with Crippen LogP contribution in [-0.2, 0) is 0 Å². The Bertz CT molecular complexity index is 145. The van der Waals surface area contributed by atoms with Crippen LogP contribution in [0.1, 0.15) is 33.1 Å². The quantitative estimate of drug-likeness (QED) is 0.317. The molecule has 0 amide bonds. The molecule has 0 fully saturated rings. The minimum atomic E-state index is 1.16. The van der Waals surface area contributed by atoms with E-state index in [1.807, 2.05) is 12.2 Å². The van der Waals surface area contributed by atoms with Gasteiger partial charge in [0.05, 0.1) is 0 Å². The molecule has 11 heavy (non-hydrogen) atoms. The van der Waals surface area contributed by atoms with Gasteiger partial charge in [0.2, 0.25) is 0 Å².